The molecule has 3 unspecified atom stereocenters. The Bertz CT molecular complexity index is 694. The summed E-state index contributed by atoms with van der Waals surface area (Å²) in [7, 11) is -3.56. The van der Waals surface area contributed by atoms with Gasteiger partial charge < -0.3 is 5.73 Å². The molecule has 0 amide bonds. The molecule has 0 radical (unpaired) electrons. The van der Waals surface area contributed by atoms with E-state index in [-0.39, 0.29) is 35.2 Å². The fraction of sp³-hybridized carbons (Fsp3) is 0.647. The minimum atomic E-state index is -3.56. The number of nitrogens with two attached hydrogens (primary N) is 1. The van der Waals surface area contributed by atoms with Crippen molar-refractivity contribution in [2.75, 3.05) is 13.1 Å². The normalized spacial score (nSPS) is 27.8. The van der Waals surface area contributed by atoms with Crippen molar-refractivity contribution in [1.82, 2.24) is 4.31 Å². The SMILES string of the molecule is CC(C)c1ccc(Cl)c(S(=O)(=O)N2CC3CCCC(N)C3C2)c1.Cl. The molecule has 1 aromatic rings. The van der Waals surface area contributed by atoms with Gasteiger partial charge in [-0.25, -0.2) is 8.42 Å². The van der Waals surface area contributed by atoms with Gasteiger partial charge in [-0.05, 0) is 48.3 Å². The second-order valence-electron chi connectivity index (χ2n) is 7.19. The van der Waals surface area contributed by atoms with Crippen LogP contribution in [-0.2, 0) is 10.0 Å². The maximum absolute atomic E-state index is 13.1. The highest BCUT2D eigenvalue weighted by Crippen LogP contribution is 2.39. The molecule has 136 valence electrons. The summed E-state index contributed by atoms with van der Waals surface area (Å²) in [6.45, 7) is 5.19. The van der Waals surface area contributed by atoms with E-state index in [1.807, 2.05) is 19.9 Å². The molecule has 0 bridgehead atoms. The molecule has 1 heterocycles. The van der Waals surface area contributed by atoms with Gasteiger partial charge in [0.15, 0.2) is 0 Å². The van der Waals surface area contributed by atoms with Crippen LogP contribution in [0.25, 0.3) is 0 Å². The summed E-state index contributed by atoms with van der Waals surface area (Å²) in [5.41, 5.74) is 7.20. The van der Waals surface area contributed by atoms with E-state index in [0.29, 0.717) is 24.0 Å². The summed E-state index contributed by atoms with van der Waals surface area (Å²) in [5.74, 6) is 0.932. The molecule has 3 rings (SSSR count). The second-order valence-corrected chi connectivity index (χ2v) is 9.50. The smallest absolute Gasteiger partial charge is 0.244 e. The fourth-order valence-electron chi connectivity index (χ4n) is 3.89. The Balaban J connectivity index is 0.00000208. The number of sulfonamides is 1. The molecule has 2 fully saturated rings. The van der Waals surface area contributed by atoms with Gasteiger partial charge in [0.05, 0.1) is 5.02 Å². The Morgan fingerprint density at radius 2 is 1.96 bits per heavy atom. The summed E-state index contributed by atoms with van der Waals surface area (Å²) in [6.07, 6.45) is 3.17. The Hall–Kier alpha value is -0.330. The van der Waals surface area contributed by atoms with Crippen molar-refractivity contribution in [3.63, 3.8) is 0 Å². The highest BCUT2D eigenvalue weighted by atomic mass is 35.5. The molecule has 0 aromatic heterocycles. The van der Waals surface area contributed by atoms with Gasteiger partial charge in [0, 0.05) is 19.1 Å². The Kier molecular flexibility index (Phi) is 6.25. The van der Waals surface area contributed by atoms with Gasteiger partial charge in [0.2, 0.25) is 10.0 Å². The van der Waals surface area contributed by atoms with Crippen LogP contribution in [0.4, 0.5) is 0 Å². The van der Waals surface area contributed by atoms with Crippen LogP contribution in [0.1, 0.15) is 44.6 Å². The lowest BCUT2D eigenvalue weighted by Crippen LogP contribution is -2.38. The maximum atomic E-state index is 13.1. The van der Waals surface area contributed by atoms with Crippen LogP contribution in [0.2, 0.25) is 5.02 Å². The van der Waals surface area contributed by atoms with Gasteiger partial charge in [-0.3, -0.25) is 0 Å². The molecule has 1 saturated heterocycles. The molecule has 3 atom stereocenters. The van der Waals surface area contributed by atoms with E-state index in [9.17, 15) is 8.42 Å². The van der Waals surface area contributed by atoms with Crippen molar-refractivity contribution < 1.29 is 8.42 Å². The highest BCUT2D eigenvalue weighted by Gasteiger charge is 2.43. The van der Waals surface area contributed by atoms with Crippen molar-refractivity contribution in [3.8, 4) is 0 Å². The fourth-order valence-corrected chi connectivity index (χ4v) is 5.93. The minimum absolute atomic E-state index is 0. The van der Waals surface area contributed by atoms with Gasteiger partial charge in [-0.2, -0.15) is 4.31 Å². The van der Waals surface area contributed by atoms with E-state index < -0.39 is 10.0 Å². The standard InChI is InChI=1S/C17H25ClN2O2S.ClH/c1-11(2)12-6-7-15(18)17(8-12)23(21,22)20-9-13-4-3-5-16(19)14(13)10-20;/h6-8,11,13-14,16H,3-5,9-10,19H2,1-2H3;1H. The van der Waals surface area contributed by atoms with E-state index >= 15 is 0 Å². The minimum Gasteiger partial charge on any atom is -0.327 e. The van der Waals surface area contributed by atoms with E-state index in [0.717, 1.165) is 24.8 Å². The third-order valence-corrected chi connectivity index (χ3v) is 7.67. The molecule has 7 heteroatoms. The first-order valence-electron chi connectivity index (χ1n) is 8.36. The monoisotopic (exact) mass is 392 g/mol. The molecule has 1 aliphatic heterocycles. The zero-order chi connectivity index (χ0) is 16.8. The molecular weight excluding hydrogens is 367 g/mol. The summed E-state index contributed by atoms with van der Waals surface area (Å²) in [5, 5.41) is 0.300. The second kappa shape index (κ2) is 7.50. The predicted octanol–water partition coefficient (Wildman–Crippen LogP) is 3.63. The number of benzene rings is 1. The van der Waals surface area contributed by atoms with E-state index in [1.165, 1.54) is 0 Å². The average Bonchev–Trinajstić information content (AvgIpc) is 2.93. The third kappa shape index (κ3) is 3.61. The van der Waals surface area contributed by atoms with Gasteiger partial charge in [-0.1, -0.05) is 37.9 Å². The first kappa shape index (κ1) is 20.0. The lowest BCUT2D eigenvalue weighted by atomic mass is 9.78. The van der Waals surface area contributed by atoms with Crippen LogP contribution in [0, 0.1) is 11.8 Å². The Morgan fingerprint density at radius 1 is 1.25 bits per heavy atom. The van der Waals surface area contributed by atoms with Crippen LogP contribution in [0.3, 0.4) is 0 Å². The molecule has 2 aliphatic rings. The third-order valence-electron chi connectivity index (χ3n) is 5.36. The van der Waals surface area contributed by atoms with Crippen LogP contribution in [0.5, 0.6) is 0 Å². The summed E-state index contributed by atoms with van der Waals surface area (Å²) in [4.78, 5) is 0.234. The predicted molar refractivity (Wildman–Crippen MR) is 100 cm³/mol. The number of hydrogen-bond acceptors (Lipinski definition) is 3. The maximum Gasteiger partial charge on any atom is 0.244 e. The molecule has 0 spiro atoms. The van der Waals surface area contributed by atoms with E-state index in [2.05, 4.69) is 0 Å². The van der Waals surface area contributed by atoms with Crippen molar-refractivity contribution in [2.45, 2.75) is 50.0 Å². The Morgan fingerprint density at radius 3 is 2.58 bits per heavy atom. The van der Waals surface area contributed by atoms with E-state index in [1.54, 1.807) is 16.4 Å². The lowest BCUT2D eigenvalue weighted by molar-refractivity contribution is 0.260. The molecule has 2 N–H and O–H groups in total. The largest absolute Gasteiger partial charge is 0.327 e. The summed E-state index contributed by atoms with van der Waals surface area (Å²) in [6, 6.07) is 5.43. The first-order chi connectivity index (χ1) is 10.8. The van der Waals surface area contributed by atoms with E-state index in [4.69, 9.17) is 17.3 Å². The highest BCUT2D eigenvalue weighted by molar-refractivity contribution is 7.89. The van der Waals surface area contributed by atoms with Gasteiger partial charge >= 0.3 is 0 Å². The van der Waals surface area contributed by atoms with Crippen LogP contribution >= 0.6 is 24.0 Å². The van der Waals surface area contributed by atoms with Gasteiger partial charge in [-0.15, -0.1) is 12.4 Å². The zero-order valence-corrected chi connectivity index (χ0v) is 16.5. The lowest BCUT2D eigenvalue weighted by Gasteiger charge is -2.29. The molecule has 24 heavy (non-hydrogen) atoms. The number of hydrogen-bond donors (Lipinski definition) is 1. The molecule has 1 aromatic carbocycles. The molecular formula is C17H26Cl2N2O2S. The van der Waals surface area contributed by atoms with Crippen molar-refractivity contribution in [3.05, 3.63) is 28.8 Å². The molecule has 4 nitrogen and oxygen atoms in total. The van der Waals surface area contributed by atoms with Crippen molar-refractivity contribution in [1.29, 1.82) is 0 Å². The van der Waals surface area contributed by atoms with Gasteiger partial charge in [0.25, 0.3) is 0 Å². The zero-order valence-electron chi connectivity index (χ0n) is 14.1. The average molecular weight is 393 g/mol. The first-order valence-corrected chi connectivity index (χ1v) is 10.2. The topological polar surface area (TPSA) is 63.4 Å². The summed E-state index contributed by atoms with van der Waals surface area (Å²) >= 11 is 6.21. The van der Waals surface area contributed by atoms with Crippen molar-refractivity contribution in [2.24, 2.45) is 17.6 Å². The number of rotatable bonds is 3. The number of fused-ring (bicyclic) bond motifs is 1. The van der Waals surface area contributed by atoms with Crippen LogP contribution < -0.4 is 5.73 Å². The number of halogens is 2. The Labute approximate surface area is 156 Å². The van der Waals surface area contributed by atoms with Crippen molar-refractivity contribution >= 4 is 34.0 Å². The quantitative estimate of drug-likeness (QED) is 0.853. The molecule has 1 aliphatic carbocycles. The van der Waals surface area contributed by atoms with Crippen LogP contribution in [0.15, 0.2) is 23.1 Å². The van der Waals surface area contributed by atoms with Gasteiger partial charge in [0.1, 0.15) is 4.90 Å². The van der Waals surface area contributed by atoms with Crippen LogP contribution in [-0.4, -0.2) is 31.9 Å². The molecule has 1 saturated carbocycles. The summed E-state index contributed by atoms with van der Waals surface area (Å²) < 4.78 is 27.8. The number of nitrogens with zero attached hydrogens (tertiary/aromatic N) is 1.